The maximum absolute atomic E-state index is 13.8. The third kappa shape index (κ3) is 3.26. The van der Waals surface area contributed by atoms with E-state index in [1.54, 1.807) is 16.4 Å². The summed E-state index contributed by atoms with van der Waals surface area (Å²) in [6.07, 6.45) is 0. The summed E-state index contributed by atoms with van der Waals surface area (Å²) in [5.74, 6) is 0. The molecule has 0 saturated carbocycles. The highest BCUT2D eigenvalue weighted by molar-refractivity contribution is 7.89. The van der Waals surface area contributed by atoms with Crippen molar-refractivity contribution < 1.29 is 8.42 Å². The summed E-state index contributed by atoms with van der Waals surface area (Å²) in [7, 11) is -3.67. The number of nitrogens with zero attached hydrogens (tertiary/aromatic N) is 1. The molecule has 3 nitrogen and oxygen atoms in total. The molecule has 1 fully saturated rings. The monoisotopic (exact) mass is 449 g/mol. The summed E-state index contributed by atoms with van der Waals surface area (Å²) in [5.41, 5.74) is 3.10. The van der Waals surface area contributed by atoms with E-state index in [9.17, 15) is 8.42 Å². The highest BCUT2D eigenvalue weighted by Gasteiger charge is 2.57. The van der Waals surface area contributed by atoms with E-state index in [1.165, 1.54) is 5.39 Å². The van der Waals surface area contributed by atoms with Gasteiger partial charge in [0.05, 0.1) is 17.0 Å². The van der Waals surface area contributed by atoms with Gasteiger partial charge in [-0.2, -0.15) is 4.31 Å². The summed E-state index contributed by atoms with van der Waals surface area (Å²) in [4.78, 5) is 0.335. The zero-order valence-corrected chi connectivity index (χ0v) is 19.0. The van der Waals surface area contributed by atoms with Crippen LogP contribution < -0.4 is 0 Å². The molecule has 0 N–H and O–H groups in total. The Morgan fingerprint density at radius 2 is 1.24 bits per heavy atom. The van der Waals surface area contributed by atoms with E-state index >= 15 is 0 Å². The summed E-state index contributed by atoms with van der Waals surface area (Å²) in [6.45, 7) is 1.96. The van der Waals surface area contributed by atoms with Crippen molar-refractivity contribution >= 4 is 31.6 Å². The standard InChI is InChI=1S/C29H23NO2S/c1-20-15-17-23(18-16-20)33(31,32)30-28(21-9-3-2-4-10-21)29(30)27-19-22-11-5-6-12-24(22)25-13-7-8-14-26(25)27/h2-19,28-29H,1H3/t28-,29-,30?/m1/s1. The molecule has 4 heteroatoms. The molecule has 1 saturated heterocycles. The third-order valence-electron chi connectivity index (χ3n) is 6.61. The molecular formula is C29H23NO2S. The maximum Gasteiger partial charge on any atom is 0.244 e. The second-order valence-electron chi connectivity index (χ2n) is 8.68. The van der Waals surface area contributed by atoms with Crippen LogP contribution in [0.5, 0.6) is 0 Å². The fourth-order valence-corrected chi connectivity index (χ4v) is 6.69. The minimum Gasteiger partial charge on any atom is -0.207 e. The number of benzene rings is 5. The van der Waals surface area contributed by atoms with Crippen molar-refractivity contribution in [2.45, 2.75) is 23.9 Å². The highest BCUT2D eigenvalue weighted by atomic mass is 32.2. The maximum atomic E-state index is 13.8. The predicted molar refractivity (Wildman–Crippen MR) is 134 cm³/mol. The Hall–Kier alpha value is -3.47. The molecule has 0 aromatic heterocycles. The number of fused-ring (bicyclic) bond motifs is 3. The second-order valence-corrected chi connectivity index (χ2v) is 10.5. The molecule has 0 aliphatic carbocycles. The van der Waals surface area contributed by atoms with Gasteiger partial charge in [0.2, 0.25) is 10.0 Å². The largest absolute Gasteiger partial charge is 0.244 e. The van der Waals surface area contributed by atoms with Crippen molar-refractivity contribution in [2.24, 2.45) is 0 Å². The fraction of sp³-hybridized carbons (Fsp3) is 0.103. The average Bonchev–Trinajstić information content (AvgIpc) is 3.61. The van der Waals surface area contributed by atoms with Gasteiger partial charge < -0.3 is 0 Å². The summed E-state index contributed by atoms with van der Waals surface area (Å²) < 4.78 is 29.3. The van der Waals surface area contributed by atoms with E-state index in [-0.39, 0.29) is 12.1 Å². The Bertz CT molecular complexity index is 1590. The minimum absolute atomic E-state index is 0.234. The normalized spacial score (nSPS) is 20.2. The van der Waals surface area contributed by atoms with Crippen molar-refractivity contribution in [1.82, 2.24) is 4.31 Å². The first-order valence-electron chi connectivity index (χ1n) is 11.1. The molecule has 5 aromatic carbocycles. The zero-order chi connectivity index (χ0) is 22.6. The van der Waals surface area contributed by atoms with Crippen LogP contribution in [0, 0.1) is 6.92 Å². The van der Waals surface area contributed by atoms with Crippen molar-refractivity contribution in [3.8, 4) is 0 Å². The Kier molecular flexibility index (Phi) is 4.61. The minimum atomic E-state index is -3.67. The van der Waals surface area contributed by atoms with Gasteiger partial charge >= 0.3 is 0 Å². The van der Waals surface area contributed by atoms with Crippen molar-refractivity contribution in [1.29, 1.82) is 0 Å². The molecular weight excluding hydrogens is 426 g/mol. The van der Waals surface area contributed by atoms with Crippen molar-refractivity contribution in [3.63, 3.8) is 0 Å². The first-order chi connectivity index (χ1) is 16.1. The van der Waals surface area contributed by atoms with Gasteiger partial charge in [-0.15, -0.1) is 0 Å². The van der Waals surface area contributed by atoms with Crippen LogP contribution >= 0.6 is 0 Å². The quantitative estimate of drug-likeness (QED) is 0.224. The lowest BCUT2D eigenvalue weighted by Crippen LogP contribution is -2.13. The summed E-state index contributed by atoms with van der Waals surface area (Å²) in [6, 6.07) is 35.4. The predicted octanol–water partition coefficient (Wildman–Crippen LogP) is 6.79. The van der Waals surface area contributed by atoms with Gasteiger partial charge in [0, 0.05) is 0 Å². The third-order valence-corrected chi connectivity index (χ3v) is 8.49. The molecule has 0 amide bonds. The number of hydrogen-bond acceptors (Lipinski definition) is 2. The van der Waals surface area contributed by atoms with Crippen molar-refractivity contribution in [2.75, 3.05) is 0 Å². The van der Waals surface area contributed by atoms with Crippen LogP contribution in [0.2, 0.25) is 0 Å². The Labute approximate surface area is 194 Å². The molecule has 3 atom stereocenters. The van der Waals surface area contributed by atoms with Gasteiger partial charge in [-0.05, 0) is 57.8 Å². The molecule has 0 radical (unpaired) electrons. The van der Waals surface area contributed by atoms with Crippen LogP contribution in [0.25, 0.3) is 21.5 Å². The van der Waals surface area contributed by atoms with Crippen LogP contribution in [0.4, 0.5) is 0 Å². The fourth-order valence-electron chi connectivity index (χ4n) is 4.96. The Morgan fingerprint density at radius 1 is 0.636 bits per heavy atom. The van der Waals surface area contributed by atoms with Gasteiger partial charge in [0.15, 0.2) is 0 Å². The molecule has 5 aromatic rings. The first-order valence-corrected chi connectivity index (χ1v) is 12.6. The summed E-state index contributed by atoms with van der Waals surface area (Å²) in [5, 5.41) is 4.56. The van der Waals surface area contributed by atoms with Crippen LogP contribution in [0.1, 0.15) is 28.8 Å². The lowest BCUT2D eigenvalue weighted by atomic mass is 9.94. The zero-order valence-electron chi connectivity index (χ0n) is 18.2. The lowest BCUT2D eigenvalue weighted by molar-refractivity contribution is 0.547. The van der Waals surface area contributed by atoms with Gasteiger partial charge in [-0.1, -0.05) is 96.6 Å². The molecule has 0 spiro atoms. The van der Waals surface area contributed by atoms with Crippen LogP contribution in [0.3, 0.4) is 0 Å². The van der Waals surface area contributed by atoms with Gasteiger partial charge in [0.1, 0.15) is 0 Å². The number of aryl methyl sites for hydroxylation is 1. The Morgan fingerprint density at radius 3 is 1.97 bits per heavy atom. The lowest BCUT2D eigenvalue weighted by Gasteiger charge is -2.11. The highest BCUT2D eigenvalue weighted by Crippen LogP contribution is 2.59. The molecule has 1 aliphatic rings. The SMILES string of the molecule is Cc1ccc(S(=O)(=O)N2[C@H](c3ccccc3)[C@H]2c2cc3ccccc3c3ccccc23)cc1. The van der Waals surface area contributed by atoms with Crippen LogP contribution in [-0.4, -0.2) is 12.7 Å². The van der Waals surface area contributed by atoms with E-state index in [0.717, 1.165) is 32.8 Å². The molecule has 0 bridgehead atoms. The molecule has 1 aliphatic heterocycles. The second kappa shape index (κ2) is 7.55. The van der Waals surface area contributed by atoms with E-state index in [1.807, 2.05) is 73.7 Å². The smallest absolute Gasteiger partial charge is 0.207 e. The molecule has 33 heavy (non-hydrogen) atoms. The van der Waals surface area contributed by atoms with Crippen LogP contribution in [0.15, 0.2) is 114 Å². The van der Waals surface area contributed by atoms with E-state index in [0.29, 0.717) is 4.90 Å². The van der Waals surface area contributed by atoms with E-state index in [4.69, 9.17) is 0 Å². The van der Waals surface area contributed by atoms with E-state index < -0.39 is 10.0 Å². The number of rotatable bonds is 4. The van der Waals surface area contributed by atoms with Gasteiger partial charge in [-0.3, -0.25) is 0 Å². The van der Waals surface area contributed by atoms with Gasteiger partial charge in [-0.25, -0.2) is 8.42 Å². The summed E-state index contributed by atoms with van der Waals surface area (Å²) >= 11 is 0. The molecule has 6 rings (SSSR count). The molecule has 1 unspecified atom stereocenters. The topological polar surface area (TPSA) is 37.1 Å². The molecule has 1 heterocycles. The van der Waals surface area contributed by atoms with Gasteiger partial charge in [0.25, 0.3) is 0 Å². The van der Waals surface area contributed by atoms with Crippen LogP contribution in [-0.2, 0) is 10.0 Å². The van der Waals surface area contributed by atoms with Crippen molar-refractivity contribution in [3.05, 3.63) is 126 Å². The van der Waals surface area contributed by atoms with E-state index in [2.05, 4.69) is 30.3 Å². The number of hydrogen-bond donors (Lipinski definition) is 0. The number of sulfonamides is 1. The average molecular weight is 450 g/mol. The Balaban J connectivity index is 1.57. The first kappa shape index (κ1) is 20.2. The molecule has 162 valence electrons.